The van der Waals surface area contributed by atoms with E-state index in [-0.39, 0.29) is 0 Å². The molecule has 2 heterocycles. The first-order valence-corrected chi connectivity index (χ1v) is 5.39. The summed E-state index contributed by atoms with van der Waals surface area (Å²) < 4.78 is 2.26. The molecule has 3 rings (SSSR count). The maximum atomic E-state index is 4.40. The summed E-state index contributed by atoms with van der Waals surface area (Å²) >= 11 is 0. The number of hydrogen-bond acceptors (Lipinski definition) is 2. The monoisotopic (exact) mass is 202 g/mol. The van der Waals surface area contributed by atoms with E-state index in [0.717, 1.165) is 17.2 Å². The Bertz CT molecular complexity index is 464. The molecule has 0 saturated heterocycles. The van der Waals surface area contributed by atoms with Crippen LogP contribution in [0.5, 0.6) is 0 Å². The molecule has 0 unspecified atom stereocenters. The quantitative estimate of drug-likeness (QED) is 0.812. The molecule has 2 aromatic heterocycles. The molecule has 0 radical (unpaired) electrons. The summed E-state index contributed by atoms with van der Waals surface area (Å²) in [5, 5.41) is 0. The van der Waals surface area contributed by atoms with Gasteiger partial charge in [-0.05, 0) is 26.2 Å². The lowest BCUT2D eigenvalue weighted by atomic mass is 9.93. The topological polar surface area (TPSA) is 46.5 Å². The van der Waals surface area contributed by atoms with Gasteiger partial charge in [0.05, 0.1) is 6.33 Å². The number of aromatic amines is 1. The SMILES string of the molecule is Cc1[nH]cnc1-c1nccn1C1CCC1. The van der Waals surface area contributed by atoms with Crippen LogP contribution in [0.4, 0.5) is 0 Å². The molecule has 1 aliphatic carbocycles. The highest BCUT2D eigenvalue weighted by Gasteiger charge is 2.23. The molecule has 0 amide bonds. The van der Waals surface area contributed by atoms with E-state index in [1.54, 1.807) is 6.33 Å². The zero-order chi connectivity index (χ0) is 10.3. The molecule has 0 bridgehead atoms. The van der Waals surface area contributed by atoms with Crippen LogP contribution < -0.4 is 0 Å². The zero-order valence-electron chi connectivity index (χ0n) is 8.77. The van der Waals surface area contributed by atoms with Gasteiger partial charge in [-0.3, -0.25) is 0 Å². The van der Waals surface area contributed by atoms with Crippen molar-refractivity contribution in [1.82, 2.24) is 19.5 Å². The molecule has 1 N–H and O–H groups in total. The van der Waals surface area contributed by atoms with Gasteiger partial charge in [-0.2, -0.15) is 0 Å². The fourth-order valence-electron chi connectivity index (χ4n) is 2.04. The van der Waals surface area contributed by atoms with E-state index < -0.39 is 0 Å². The molecule has 78 valence electrons. The number of hydrogen-bond donors (Lipinski definition) is 1. The van der Waals surface area contributed by atoms with E-state index in [2.05, 4.69) is 25.7 Å². The largest absolute Gasteiger partial charge is 0.348 e. The minimum atomic E-state index is 0.638. The minimum Gasteiger partial charge on any atom is -0.348 e. The standard InChI is InChI=1S/C11H14N4/c1-8-10(14-7-13-8)11-12-5-6-15(11)9-3-2-4-9/h5-7,9H,2-4H2,1H3,(H,13,14). The van der Waals surface area contributed by atoms with Gasteiger partial charge in [0, 0.05) is 24.1 Å². The lowest BCUT2D eigenvalue weighted by Gasteiger charge is -2.28. The summed E-state index contributed by atoms with van der Waals surface area (Å²) in [6.45, 7) is 2.03. The zero-order valence-corrected chi connectivity index (χ0v) is 8.77. The average molecular weight is 202 g/mol. The molecule has 1 aliphatic rings. The second-order valence-corrected chi connectivity index (χ2v) is 4.12. The van der Waals surface area contributed by atoms with Crippen molar-refractivity contribution < 1.29 is 0 Å². The summed E-state index contributed by atoms with van der Waals surface area (Å²) in [5.74, 6) is 0.999. The number of imidazole rings is 2. The van der Waals surface area contributed by atoms with Crippen molar-refractivity contribution in [3.05, 3.63) is 24.4 Å². The normalized spacial score (nSPS) is 16.6. The number of aromatic nitrogens is 4. The van der Waals surface area contributed by atoms with E-state index in [1.807, 2.05) is 13.1 Å². The lowest BCUT2D eigenvalue weighted by Crippen LogP contribution is -2.17. The minimum absolute atomic E-state index is 0.638. The van der Waals surface area contributed by atoms with Crippen LogP contribution in [0.15, 0.2) is 18.7 Å². The average Bonchev–Trinajstić information content (AvgIpc) is 2.71. The van der Waals surface area contributed by atoms with E-state index in [4.69, 9.17) is 0 Å². The number of rotatable bonds is 2. The molecule has 0 spiro atoms. The molecule has 1 fully saturated rings. The number of aryl methyl sites for hydroxylation is 1. The summed E-state index contributed by atoms with van der Waals surface area (Å²) in [7, 11) is 0. The van der Waals surface area contributed by atoms with E-state index in [9.17, 15) is 0 Å². The highest BCUT2D eigenvalue weighted by molar-refractivity contribution is 5.53. The van der Waals surface area contributed by atoms with Gasteiger partial charge >= 0.3 is 0 Å². The fourth-order valence-corrected chi connectivity index (χ4v) is 2.04. The maximum Gasteiger partial charge on any atom is 0.160 e. The van der Waals surface area contributed by atoms with Crippen LogP contribution >= 0.6 is 0 Å². The second-order valence-electron chi connectivity index (χ2n) is 4.12. The van der Waals surface area contributed by atoms with Gasteiger partial charge in [-0.15, -0.1) is 0 Å². The first-order valence-electron chi connectivity index (χ1n) is 5.39. The first kappa shape index (κ1) is 8.71. The predicted molar refractivity (Wildman–Crippen MR) is 57.4 cm³/mol. The summed E-state index contributed by atoms with van der Waals surface area (Å²) in [5.41, 5.74) is 2.06. The van der Waals surface area contributed by atoms with Crippen LogP contribution in [0.25, 0.3) is 11.5 Å². The van der Waals surface area contributed by atoms with Crippen molar-refractivity contribution in [3.63, 3.8) is 0 Å². The Morgan fingerprint density at radius 3 is 2.87 bits per heavy atom. The molecule has 1 saturated carbocycles. The van der Waals surface area contributed by atoms with Crippen LogP contribution in [0.3, 0.4) is 0 Å². The Hall–Kier alpha value is -1.58. The Balaban J connectivity index is 2.04. The van der Waals surface area contributed by atoms with Gasteiger partial charge in [-0.1, -0.05) is 0 Å². The number of H-pyrrole nitrogens is 1. The van der Waals surface area contributed by atoms with Crippen molar-refractivity contribution in [2.45, 2.75) is 32.2 Å². The highest BCUT2D eigenvalue weighted by atomic mass is 15.1. The summed E-state index contributed by atoms with van der Waals surface area (Å²) in [6.07, 6.45) is 9.53. The molecule has 15 heavy (non-hydrogen) atoms. The van der Waals surface area contributed by atoms with Crippen LogP contribution in [0.1, 0.15) is 31.0 Å². The summed E-state index contributed by atoms with van der Waals surface area (Å²) in [6, 6.07) is 0.638. The van der Waals surface area contributed by atoms with E-state index in [0.29, 0.717) is 6.04 Å². The van der Waals surface area contributed by atoms with Gasteiger partial charge in [0.15, 0.2) is 5.82 Å². The van der Waals surface area contributed by atoms with Crippen molar-refractivity contribution in [3.8, 4) is 11.5 Å². The molecule has 2 aromatic rings. The van der Waals surface area contributed by atoms with Crippen LogP contribution in [-0.2, 0) is 0 Å². The molecule has 4 heteroatoms. The predicted octanol–water partition coefficient (Wildman–Crippen LogP) is 2.31. The fraction of sp³-hybridized carbons (Fsp3) is 0.455. The molecule has 0 aliphatic heterocycles. The Morgan fingerprint density at radius 1 is 1.40 bits per heavy atom. The van der Waals surface area contributed by atoms with Crippen LogP contribution in [-0.4, -0.2) is 19.5 Å². The van der Waals surface area contributed by atoms with Gasteiger partial charge in [0.25, 0.3) is 0 Å². The van der Waals surface area contributed by atoms with Gasteiger partial charge in [0.1, 0.15) is 5.69 Å². The van der Waals surface area contributed by atoms with Crippen molar-refractivity contribution in [2.24, 2.45) is 0 Å². The molecule has 4 nitrogen and oxygen atoms in total. The third kappa shape index (κ3) is 1.28. The van der Waals surface area contributed by atoms with Gasteiger partial charge in [0.2, 0.25) is 0 Å². The van der Waals surface area contributed by atoms with Crippen molar-refractivity contribution >= 4 is 0 Å². The van der Waals surface area contributed by atoms with E-state index >= 15 is 0 Å². The van der Waals surface area contributed by atoms with Gasteiger partial charge < -0.3 is 9.55 Å². The van der Waals surface area contributed by atoms with Gasteiger partial charge in [-0.25, -0.2) is 9.97 Å². The number of nitrogens with one attached hydrogen (secondary N) is 1. The summed E-state index contributed by atoms with van der Waals surface area (Å²) in [4.78, 5) is 11.8. The van der Waals surface area contributed by atoms with Crippen LogP contribution in [0.2, 0.25) is 0 Å². The smallest absolute Gasteiger partial charge is 0.160 e. The second kappa shape index (κ2) is 3.22. The molecular formula is C11H14N4. The first-order chi connectivity index (χ1) is 7.36. The number of nitrogens with zero attached hydrogens (tertiary/aromatic N) is 3. The third-order valence-corrected chi connectivity index (χ3v) is 3.18. The molecular weight excluding hydrogens is 188 g/mol. The maximum absolute atomic E-state index is 4.40. The molecule has 0 aromatic carbocycles. The van der Waals surface area contributed by atoms with Crippen molar-refractivity contribution in [2.75, 3.05) is 0 Å². The van der Waals surface area contributed by atoms with Crippen LogP contribution in [0, 0.1) is 6.92 Å². The Labute approximate surface area is 88.4 Å². The van der Waals surface area contributed by atoms with Crippen molar-refractivity contribution in [1.29, 1.82) is 0 Å². The third-order valence-electron chi connectivity index (χ3n) is 3.18. The highest BCUT2D eigenvalue weighted by Crippen LogP contribution is 2.34. The van der Waals surface area contributed by atoms with E-state index in [1.165, 1.54) is 19.3 Å². The Morgan fingerprint density at radius 2 is 2.27 bits per heavy atom. The molecule has 0 atom stereocenters. The Kier molecular flexibility index (Phi) is 1.87. The lowest BCUT2D eigenvalue weighted by molar-refractivity contribution is 0.316.